The number of rotatable bonds is 6. The first kappa shape index (κ1) is 18.3. The van der Waals surface area contributed by atoms with Gasteiger partial charge < -0.3 is 15.8 Å². The van der Waals surface area contributed by atoms with Crippen molar-refractivity contribution in [1.82, 2.24) is 19.6 Å². The summed E-state index contributed by atoms with van der Waals surface area (Å²) in [5.74, 6) is 2.85. The van der Waals surface area contributed by atoms with Crippen LogP contribution in [0.3, 0.4) is 0 Å². The third kappa shape index (κ3) is 3.26. The lowest BCUT2D eigenvalue weighted by Crippen LogP contribution is -2.21. The number of halogens is 1. The largest absolute Gasteiger partial charge is 0.497 e. The van der Waals surface area contributed by atoms with Gasteiger partial charge in [0.15, 0.2) is 5.82 Å². The maximum Gasteiger partial charge on any atom is 0.256 e. The van der Waals surface area contributed by atoms with Gasteiger partial charge in [-0.1, -0.05) is 25.4 Å². The Morgan fingerprint density at radius 3 is 2.62 bits per heavy atom. The lowest BCUT2D eigenvalue weighted by Gasteiger charge is -2.18. The van der Waals surface area contributed by atoms with Crippen molar-refractivity contribution in [3.63, 3.8) is 0 Å². The molecule has 3 aromatic rings. The molecule has 26 heavy (non-hydrogen) atoms. The van der Waals surface area contributed by atoms with Crippen LogP contribution in [0, 0.1) is 6.92 Å². The number of nitrogens with one attached hydrogen (secondary N) is 1. The van der Waals surface area contributed by atoms with Crippen LogP contribution in [0.15, 0.2) is 18.2 Å². The first-order valence-corrected chi connectivity index (χ1v) is 8.99. The molecule has 0 atom stereocenters. The van der Waals surface area contributed by atoms with Gasteiger partial charge in [0.2, 0.25) is 0 Å². The number of aromatic nitrogens is 4. The number of nitrogens with zero attached hydrogens (tertiary/aromatic N) is 4. The van der Waals surface area contributed by atoms with Crippen LogP contribution in [0.25, 0.3) is 17.2 Å². The lowest BCUT2D eigenvalue weighted by molar-refractivity contribution is 0.415. The standard InChI is InChI=1S/C18H23ClN6O/c1-5-11(6-2)21-17-10(3)15(20)22-18-23-16(24-25(17)18)13-8-7-12(26-4)9-14(13)19/h7-9,11,21H,5-6H2,1-4H3,(H2,20,22,23,24). The molecular weight excluding hydrogens is 352 g/mol. The van der Waals surface area contributed by atoms with Crippen molar-refractivity contribution >= 4 is 29.0 Å². The van der Waals surface area contributed by atoms with Crippen LogP contribution in [0.2, 0.25) is 5.02 Å². The Bertz CT molecular complexity index is 935. The summed E-state index contributed by atoms with van der Waals surface area (Å²) in [6.07, 6.45) is 1.98. The molecular formula is C18H23ClN6O. The maximum absolute atomic E-state index is 6.37. The van der Waals surface area contributed by atoms with Gasteiger partial charge in [-0.25, -0.2) is 0 Å². The summed E-state index contributed by atoms with van der Waals surface area (Å²) in [6.45, 7) is 6.21. The molecule has 0 radical (unpaired) electrons. The molecule has 3 rings (SSSR count). The molecule has 3 N–H and O–H groups in total. The van der Waals surface area contributed by atoms with E-state index in [4.69, 9.17) is 22.1 Å². The van der Waals surface area contributed by atoms with E-state index in [-0.39, 0.29) is 0 Å². The van der Waals surface area contributed by atoms with E-state index in [2.05, 4.69) is 34.2 Å². The number of methoxy groups -OCH3 is 1. The van der Waals surface area contributed by atoms with Crippen molar-refractivity contribution in [3.8, 4) is 17.1 Å². The average Bonchev–Trinajstić information content (AvgIpc) is 3.05. The minimum atomic E-state index is 0.316. The average molecular weight is 375 g/mol. The molecule has 0 fully saturated rings. The van der Waals surface area contributed by atoms with E-state index >= 15 is 0 Å². The fourth-order valence-corrected chi connectivity index (χ4v) is 3.03. The Morgan fingerprint density at radius 1 is 1.27 bits per heavy atom. The van der Waals surface area contributed by atoms with Gasteiger partial charge in [0.25, 0.3) is 5.78 Å². The van der Waals surface area contributed by atoms with Gasteiger partial charge in [0, 0.05) is 17.2 Å². The number of nitrogens with two attached hydrogens (primary N) is 1. The topological polar surface area (TPSA) is 90.4 Å². The second-order valence-electron chi connectivity index (χ2n) is 6.12. The highest BCUT2D eigenvalue weighted by molar-refractivity contribution is 6.33. The van der Waals surface area contributed by atoms with Crippen LogP contribution in [-0.2, 0) is 0 Å². The van der Waals surface area contributed by atoms with Crippen molar-refractivity contribution in [2.24, 2.45) is 0 Å². The zero-order valence-electron chi connectivity index (χ0n) is 15.4. The Morgan fingerprint density at radius 2 is 2.00 bits per heavy atom. The van der Waals surface area contributed by atoms with Gasteiger partial charge in [-0.05, 0) is 38.0 Å². The van der Waals surface area contributed by atoms with Crippen LogP contribution < -0.4 is 15.8 Å². The molecule has 2 aromatic heterocycles. The molecule has 0 unspecified atom stereocenters. The van der Waals surface area contributed by atoms with Gasteiger partial charge >= 0.3 is 0 Å². The Balaban J connectivity index is 2.14. The maximum atomic E-state index is 6.37. The molecule has 2 heterocycles. The predicted molar refractivity (Wildman–Crippen MR) is 105 cm³/mol. The predicted octanol–water partition coefficient (Wildman–Crippen LogP) is 3.94. The summed E-state index contributed by atoms with van der Waals surface area (Å²) >= 11 is 6.37. The van der Waals surface area contributed by atoms with E-state index in [9.17, 15) is 0 Å². The van der Waals surface area contributed by atoms with Crippen LogP contribution in [-0.4, -0.2) is 32.7 Å². The normalized spacial score (nSPS) is 11.3. The summed E-state index contributed by atoms with van der Waals surface area (Å²) in [5.41, 5.74) is 7.65. The summed E-state index contributed by atoms with van der Waals surface area (Å²) in [5, 5.41) is 8.65. The zero-order valence-corrected chi connectivity index (χ0v) is 16.1. The summed E-state index contributed by atoms with van der Waals surface area (Å²) in [6, 6.07) is 5.71. The van der Waals surface area contributed by atoms with Gasteiger partial charge in [-0.2, -0.15) is 14.5 Å². The third-order valence-corrected chi connectivity index (χ3v) is 4.82. The monoisotopic (exact) mass is 374 g/mol. The number of anilines is 2. The second kappa shape index (κ2) is 7.37. The molecule has 0 aliphatic rings. The van der Waals surface area contributed by atoms with E-state index in [0.29, 0.717) is 39.8 Å². The quantitative estimate of drug-likeness (QED) is 0.679. The molecule has 0 aliphatic carbocycles. The SMILES string of the molecule is CCC(CC)Nc1c(C)c(N)nc2nc(-c3ccc(OC)cc3Cl)nn12. The molecule has 0 aliphatic heterocycles. The molecule has 7 nitrogen and oxygen atoms in total. The van der Waals surface area contributed by atoms with Crippen molar-refractivity contribution in [2.75, 3.05) is 18.2 Å². The zero-order chi connectivity index (χ0) is 18.8. The lowest BCUT2D eigenvalue weighted by atomic mass is 10.1. The Labute approximate surface area is 157 Å². The first-order chi connectivity index (χ1) is 12.5. The van der Waals surface area contributed by atoms with Crippen molar-refractivity contribution < 1.29 is 4.74 Å². The fourth-order valence-electron chi connectivity index (χ4n) is 2.77. The summed E-state index contributed by atoms with van der Waals surface area (Å²) in [4.78, 5) is 8.88. The molecule has 0 saturated heterocycles. The van der Waals surface area contributed by atoms with E-state index < -0.39 is 0 Å². The molecule has 0 bridgehead atoms. The second-order valence-corrected chi connectivity index (χ2v) is 6.53. The van der Waals surface area contributed by atoms with Crippen LogP contribution in [0.1, 0.15) is 32.3 Å². The number of ether oxygens (including phenoxy) is 1. The number of benzene rings is 1. The van der Waals surface area contributed by atoms with Crippen LogP contribution in [0.4, 0.5) is 11.6 Å². The fraction of sp³-hybridized carbons (Fsp3) is 0.389. The molecule has 0 saturated carbocycles. The minimum absolute atomic E-state index is 0.316. The van der Waals surface area contributed by atoms with Crippen molar-refractivity contribution in [1.29, 1.82) is 0 Å². The van der Waals surface area contributed by atoms with Gasteiger partial charge in [0.05, 0.1) is 12.1 Å². The minimum Gasteiger partial charge on any atom is -0.497 e. The first-order valence-electron chi connectivity index (χ1n) is 8.61. The van der Waals surface area contributed by atoms with Gasteiger partial charge in [0.1, 0.15) is 17.4 Å². The smallest absolute Gasteiger partial charge is 0.256 e. The van der Waals surface area contributed by atoms with E-state index in [1.54, 1.807) is 17.7 Å². The third-order valence-electron chi connectivity index (χ3n) is 4.51. The van der Waals surface area contributed by atoms with Crippen LogP contribution >= 0.6 is 11.6 Å². The van der Waals surface area contributed by atoms with E-state index in [1.807, 2.05) is 19.1 Å². The van der Waals surface area contributed by atoms with Crippen molar-refractivity contribution in [2.45, 2.75) is 39.7 Å². The molecule has 8 heteroatoms. The van der Waals surface area contributed by atoms with Crippen molar-refractivity contribution in [3.05, 3.63) is 28.8 Å². The molecule has 138 valence electrons. The number of hydrogen-bond acceptors (Lipinski definition) is 6. The van der Waals surface area contributed by atoms with Gasteiger partial charge in [-0.3, -0.25) is 0 Å². The highest BCUT2D eigenvalue weighted by atomic mass is 35.5. The van der Waals surface area contributed by atoms with Gasteiger partial charge in [-0.15, -0.1) is 5.10 Å². The van der Waals surface area contributed by atoms with E-state index in [0.717, 1.165) is 24.2 Å². The molecule has 0 spiro atoms. The summed E-state index contributed by atoms with van der Waals surface area (Å²) in [7, 11) is 1.60. The van der Waals surface area contributed by atoms with E-state index in [1.165, 1.54) is 0 Å². The Hall–Kier alpha value is -2.54. The molecule has 0 amide bonds. The number of fused-ring (bicyclic) bond motifs is 1. The highest BCUT2D eigenvalue weighted by Crippen LogP contribution is 2.31. The number of nitrogen functional groups attached to an aromatic ring is 1. The Kier molecular flexibility index (Phi) is 5.18. The van der Waals surface area contributed by atoms with Crippen LogP contribution in [0.5, 0.6) is 5.75 Å². The number of hydrogen-bond donors (Lipinski definition) is 2. The summed E-state index contributed by atoms with van der Waals surface area (Å²) < 4.78 is 6.89. The molecule has 1 aromatic carbocycles. The highest BCUT2D eigenvalue weighted by Gasteiger charge is 2.18.